The van der Waals surface area contributed by atoms with Crippen molar-refractivity contribution in [1.82, 2.24) is 5.32 Å². The van der Waals surface area contributed by atoms with Crippen LogP contribution in [0, 0.1) is 0 Å². The first kappa shape index (κ1) is 19.9. The number of nitrogens with two attached hydrogens (primary N) is 1. The summed E-state index contributed by atoms with van der Waals surface area (Å²) in [5.74, 6) is 0.710. The van der Waals surface area contributed by atoms with E-state index in [4.69, 9.17) is 9.88 Å². The van der Waals surface area contributed by atoms with Crippen LogP contribution < -0.4 is 15.2 Å². The number of hydrogen-bond acceptors (Lipinski definition) is 7. The molecule has 0 radical (unpaired) electrons. The zero-order chi connectivity index (χ0) is 20.3. The van der Waals surface area contributed by atoms with Gasteiger partial charge in [-0.25, -0.2) is 18.5 Å². The predicted octanol–water partition coefficient (Wildman–Crippen LogP) is 2.97. The van der Waals surface area contributed by atoms with Crippen molar-refractivity contribution in [3.63, 3.8) is 0 Å². The zero-order valence-electron chi connectivity index (χ0n) is 14.7. The van der Waals surface area contributed by atoms with E-state index in [0.717, 1.165) is 17.3 Å². The minimum Gasteiger partial charge on any atom is -0.504 e. The quantitative estimate of drug-likeness (QED) is 0.683. The van der Waals surface area contributed by atoms with Crippen LogP contribution in [-0.4, -0.2) is 31.2 Å². The maximum atomic E-state index is 11.8. The minimum atomic E-state index is -3.79. The van der Waals surface area contributed by atoms with Gasteiger partial charge in [-0.05, 0) is 66.7 Å². The van der Waals surface area contributed by atoms with Gasteiger partial charge in [0.15, 0.2) is 11.5 Å². The maximum Gasteiger partial charge on any atom is 0.289 e. The molecule has 0 spiro atoms. The van der Waals surface area contributed by atoms with Gasteiger partial charge in [-0.3, -0.25) is 4.79 Å². The van der Waals surface area contributed by atoms with E-state index in [1.54, 1.807) is 18.2 Å². The van der Waals surface area contributed by atoms with Crippen molar-refractivity contribution in [3.8, 4) is 11.5 Å². The molecule has 0 saturated carbocycles. The molecule has 0 aliphatic carbocycles. The molecule has 2 aromatic rings. The van der Waals surface area contributed by atoms with Crippen LogP contribution in [0.15, 0.2) is 57.3 Å². The van der Waals surface area contributed by atoms with E-state index in [9.17, 15) is 18.3 Å². The molecule has 4 N–H and O–H groups in total. The molecule has 1 saturated heterocycles. The number of phenolic OH excluding ortho intramolecular Hbond substituents is 1. The maximum absolute atomic E-state index is 11.8. The molecule has 3 rings (SSSR count). The first-order valence-electron chi connectivity index (χ1n) is 8.14. The fraction of sp³-hybridized carbons (Fsp3) is 0.111. The van der Waals surface area contributed by atoms with Crippen molar-refractivity contribution in [2.45, 2.75) is 11.8 Å². The number of nitrogens with zero attached hydrogens (tertiary/aromatic N) is 1. The molecule has 8 nitrogen and oxygen atoms in total. The number of amidine groups is 1. The lowest BCUT2D eigenvalue weighted by atomic mass is 10.2. The van der Waals surface area contributed by atoms with E-state index >= 15 is 0 Å². The van der Waals surface area contributed by atoms with Crippen LogP contribution >= 0.6 is 11.8 Å². The second-order valence-electron chi connectivity index (χ2n) is 5.68. The van der Waals surface area contributed by atoms with E-state index in [0.29, 0.717) is 28.8 Å². The summed E-state index contributed by atoms with van der Waals surface area (Å²) in [4.78, 5) is 16.7. The van der Waals surface area contributed by atoms with Crippen molar-refractivity contribution < 1.29 is 23.1 Å². The molecule has 146 valence electrons. The van der Waals surface area contributed by atoms with Gasteiger partial charge in [0.05, 0.1) is 22.1 Å². The number of carbonyl (C=O) groups is 1. The van der Waals surface area contributed by atoms with Crippen LogP contribution in [-0.2, 0) is 10.0 Å². The molecule has 1 aliphatic rings. The number of phenols is 1. The molecule has 1 amide bonds. The molecular formula is C18H17N3O5S2. The number of aliphatic imine (C=N–C) groups is 1. The first-order chi connectivity index (χ1) is 13.3. The number of primary sulfonamides is 1. The Balaban J connectivity index is 1.93. The van der Waals surface area contributed by atoms with Crippen molar-refractivity contribution in [1.29, 1.82) is 0 Å². The van der Waals surface area contributed by atoms with Crippen molar-refractivity contribution in [2.24, 2.45) is 10.1 Å². The van der Waals surface area contributed by atoms with E-state index in [-0.39, 0.29) is 15.9 Å². The van der Waals surface area contributed by atoms with Gasteiger partial charge in [0, 0.05) is 0 Å². The van der Waals surface area contributed by atoms with Gasteiger partial charge >= 0.3 is 0 Å². The Morgan fingerprint density at radius 3 is 2.61 bits per heavy atom. The fourth-order valence-corrected chi connectivity index (χ4v) is 3.65. The molecule has 28 heavy (non-hydrogen) atoms. The Hall–Kier alpha value is -2.82. The minimum absolute atomic E-state index is 0.0235. The summed E-state index contributed by atoms with van der Waals surface area (Å²) < 4.78 is 28.0. The zero-order valence-corrected chi connectivity index (χ0v) is 16.4. The van der Waals surface area contributed by atoms with Crippen LogP contribution in [0.25, 0.3) is 6.08 Å². The number of nitrogens with one attached hydrogen (secondary N) is 1. The van der Waals surface area contributed by atoms with Gasteiger partial charge in [0.25, 0.3) is 5.24 Å². The Labute approximate surface area is 166 Å². The van der Waals surface area contributed by atoms with Gasteiger partial charge in [0.1, 0.15) is 5.84 Å². The third kappa shape index (κ3) is 4.71. The van der Waals surface area contributed by atoms with Crippen molar-refractivity contribution in [2.75, 3.05) is 6.61 Å². The molecule has 0 atom stereocenters. The summed E-state index contributed by atoms with van der Waals surface area (Å²) in [7, 11) is -3.79. The molecule has 1 heterocycles. The standard InChI is InChI=1S/C18H17N3O5S2/c1-2-26-15-9-11(3-8-14(15)22)10-16-17(21-18(23)27-16)20-12-4-6-13(7-5-12)28(19,24)25/h3-10,22H,2H2,1H3,(H2,19,24,25)(H,20,21,23)/b16-10-. The number of hydrogen-bond donors (Lipinski definition) is 3. The first-order valence-corrected chi connectivity index (χ1v) is 10.5. The monoisotopic (exact) mass is 419 g/mol. The summed E-state index contributed by atoms with van der Waals surface area (Å²) in [5.41, 5.74) is 1.18. The van der Waals surface area contributed by atoms with E-state index < -0.39 is 10.0 Å². The van der Waals surface area contributed by atoms with E-state index in [1.807, 2.05) is 6.92 Å². The second-order valence-corrected chi connectivity index (χ2v) is 8.26. The van der Waals surface area contributed by atoms with Crippen LogP contribution in [0.2, 0.25) is 0 Å². The molecule has 0 unspecified atom stereocenters. The van der Waals surface area contributed by atoms with Crippen molar-refractivity contribution >= 4 is 44.6 Å². The highest BCUT2D eigenvalue weighted by molar-refractivity contribution is 8.18. The van der Waals surface area contributed by atoms with Crippen LogP contribution in [0.3, 0.4) is 0 Å². The van der Waals surface area contributed by atoms with Gasteiger partial charge in [-0.2, -0.15) is 0 Å². The van der Waals surface area contributed by atoms with Crippen LogP contribution in [0.5, 0.6) is 11.5 Å². The molecule has 1 aliphatic heterocycles. The summed E-state index contributed by atoms with van der Waals surface area (Å²) in [6.45, 7) is 2.22. The Morgan fingerprint density at radius 2 is 1.96 bits per heavy atom. The van der Waals surface area contributed by atoms with Gasteiger partial charge in [-0.15, -0.1) is 0 Å². The number of ether oxygens (including phenoxy) is 1. The number of amides is 1. The Morgan fingerprint density at radius 1 is 1.25 bits per heavy atom. The molecule has 0 bridgehead atoms. The summed E-state index contributed by atoms with van der Waals surface area (Å²) >= 11 is 0.980. The highest BCUT2D eigenvalue weighted by Gasteiger charge is 2.23. The Kier molecular flexibility index (Phi) is 5.73. The molecular weight excluding hydrogens is 402 g/mol. The molecule has 2 aromatic carbocycles. The SMILES string of the molecule is CCOc1cc(/C=C2\SC(=O)NC2=Nc2ccc(S(N)(=O)=O)cc2)ccc1O. The van der Waals surface area contributed by atoms with E-state index in [2.05, 4.69) is 10.3 Å². The molecule has 1 fully saturated rings. The summed E-state index contributed by atoms with van der Waals surface area (Å²) in [6.07, 6.45) is 1.74. The lowest BCUT2D eigenvalue weighted by Crippen LogP contribution is -2.18. The van der Waals surface area contributed by atoms with Crippen LogP contribution in [0.4, 0.5) is 10.5 Å². The number of benzene rings is 2. The topological polar surface area (TPSA) is 131 Å². The smallest absolute Gasteiger partial charge is 0.289 e. The normalized spacial score (nSPS) is 17.1. The highest BCUT2D eigenvalue weighted by atomic mass is 32.2. The predicted molar refractivity (Wildman–Crippen MR) is 108 cm³/mol. The number of rotatable bonds is 5. The largest absolute Gasteiger partial charge is 0.504 e. The number of aromatic hydroxyl groups is 1. The average molecular weight is 419 g/mol. The number of sulfonamides is 1. The third-order valence-corrected chi connectivity index (χ3v) is 5.39. The lowest BCUT2D eigenvalue weighted by Gasteiger charge is -2.07. The van der Waals surface area contributed by atoms with Crippen LogP contribution in [0.1, 0.15) is 12.5 Å². The Bertz CT molecular complexity index is 1080. The summed E-state index contributed by atoms with van der Waals surface area (Å²) in [6, 6.07) is 10.5. The van der Waals surface area contributed by atoms with Gasteiger partial charge in [-0.1, -0.05) is 6.07 Å². The fourth-order valence-electron chi connectivity index (χ4n) is 2.40. The molecule has 10 heteroatoms. The third-order valence-electron chi connectivity index (χ3n) is 3.64. The number of carbonyl (C=O) groups excluding carboxylic acids is 1. The highest BCUT2D eigenvalue weighted by Crippen LogP contribution is 2.32. The second kappa shape index (κ2) is 8.05. The van der Waals surface area contributed by atoms with Crippen molar-refractivity contribution in [3.05, 3.63) is 52.9 Å². The van der Waals surface area contributed by atoms with Gasteiger partial charge in [0.2, 0.25) is 10.0 Å². The average Bonchev–Trinajstić information content (AvgIpc) is 2.97. The van der Waals surface area contributed by atoms with Gasteiger partial charge < -0.3 is 15.2 Å². The summed E-state index contributed by atoms with van der Waals surface area (Å²) in [5, 5.41) is 17.3. The lowest BCUT2D eigenvalue weighted by molar-refractivity contribution is 0.265. The molecule has 0 aromatic heterocycles. The van der Waals surface area contributed by atoms with E-state index in [1.165, 1.54) is 30.3 Å². The number of thioether (sulfide) groups is 1.